The number of aryl methyl sites for hydroxylation is 2. The molecule has 0 spiro atoms. The molecule has 0 saturated carbocycles. The van der Waals surface area contributed by atoms with Gasteiger partial charge in [-0.05, 0) is 37.1 Å². The van der Waals surface area contributed by atoms with Gasteiger partial charge in [-0.15, -0.1) is 0 Å². The van der Waals surface area contributed by atoms with Gasteiger partial charge in [-0.3, -0.25) is 0 Å². The molecule has 0 unspecified atom stereocenters. The fourth-order valence-corrected chi connectivity index (χ4v) is 2.01. The van der Waals surface area contributed by atoms with Gasteiger partial charge >= 0.3 is 0 Å². The van der Waals surface area contributed by atoms with Crippen molar-refractivity contribution in [2.45, 2.75) is 13.8 Å². The van der Waals surface area contributed by atoms with E-state index in [2.05, 4.69) is 15.3 Å². The highest BCUT2D eigenvalue weighted by atomic mass is 35.5. The van der Waals surface area contributed by atoms with E-state index in [4.69, 9.17) is 23.2 Å². The second-order valence-electron chi connectivity index (χ2n) is 3.72. The minimum Gasteiger partial charge on any atom is -0.339 e. The number of benzene rings is 1. The van der Waals surface area contributed by atoms with E-state index in [1.807, 2.05) is 38.1 Å². The number of nitrogens with zero attached hydrogens (tertiary/aromatic N) is 2. The maximum atomic E-state index is 6.12. The van der Waals surface area contributed by atoms with E-state index >= 15 is 0 Å². The molecule has 17 heavy (non-hydrogen) atoms. The highest BCUT2D eigenvalue weighted by Gasteiger charge is 2.06. The molecule has 1 heterocycles. The molecule has 0 bridgehead atoms. The molecule has 5 heteroatoms. The molecular weight excluding hydrogens is 257 g/mol. The summed E-state index contributed by atoms with van der Waals surface area (Å²) in [6.07, 6.45) is 0. The molecule has 0 radical (unpaired) electrons. The van der Waals surface area contributed by atoms with Crippen LogP contribution in [0.4, 0.5) is 11.5 Å². The van der Waals surface area contributed by atoms with Gasteiger partial charge in [0.1, 0.15) is 5.82 Å². The third kappa shape index (κ3) is 2.87. The van der Waals surface area contributed by atoms with Crippen molar-refractivity contribution in [3.05, 3.63) is 45.8 Å². The predicted molar refractivity (Wildman–Crippen MR) is 71.3 cm³/mol. The normalized spacial score (nSPS) is 10.4. The highest BCUT2D eigenvalue weighted by molar-refractivity contribution is 6.33. The number of hydrogen-bond donors (Lipinski definition) is 1. The summed E-state index contributed by atoms with van der Waals surface area (Å²) in [7, 11) is 0. The van der Waals surface area contributed by atoms with E-state index in [0.29, 0.717) is 10.8 Å². The second kappa shape index (κ2) is 4.90. The summed E-state index contributed by atoms with van der Waals surface area (Å²) in [6, 6.07) is 7.52. The lowest BCUT2D eigenvalue weighted by atomic mass is 10.2. The monoisotopic (exact) mass is 267 g/mol. The van der Waals surface area contributed by atoms with Gasteiger partial charge in [-0.2, -0.15) is 0 Å². The highest BCUT2D eigenvalue weighted by Crippen LogP contribution is 2.28. The Morgan fingerprint density at radius 3 is 2.53 bits per heavy atom. The van der Waals surface area contributed by atoms with E-state index in [1.165, 1.54) is 0 Å². The Labute approximate surface area is 110 Å². The van der Waals surface area contributed by atoms with E-state index in [9.17, 15) is 0 Å². The van der Waals surface area contributed by atoms with Crippen LogP contribution in [-0.4, -0.2) is 9.97 Å². The van der Waals surface area contributed by atoms with Crippen molar-refractivity contribution >= 4 is 34.7 Å². The summed E-state index contributed by atoms with van der Waals surface area (Å²) in [6.45, 7) is 3.84. The third-order valence-corrected chi connectivity index (χ3v) is 2.79. The number of halogens is 2. The molecule has 2 aromatic rings. The van der Waals surface area contributed by atoms with Gasteiger partial charge in [0.05, 0.1) is 10.7 Å². The van der Waals surface area contributed by atoms with Gasteiger partial charge in [-0.25, -0.2) is 9.97 Å². The molecule has 0 aliphatic carbocycles. The number of anilines is 2. The zero-order valence-corrected chi connectivity index (χ0v) is 11.0. The van der Waals surface area contributed by atoms with Crippen LogP contribution in [-0.2, 0) is 0 Å². The summed E-state index contributed by atoms with van der Waals surface area (Å²) in [5.74, 6) is 0.638. The average Bonchev–Trinajstić information content (AvgIpc) is 2.22. The largest absolute Gasteiger partial charge is 0.339 e. The van der Waals surface area contributed by atoms with Crippen molar-refractivity contribution in [2.24, 2.45) is 0 Å². The Kier molecular flexibility index (Phi) is 3.50. The molecule has 1 N–H and O–H groups in total. The van der Waals surface area contributed by atoms with E-state index in [-0.39, 0.29) is 5.28 Å². The van der Waals surface area contributed by atoms with Gasteiger partial charge < -0.3 is 5.32 Å². The van der Waals surface area contributed by atoms with Crippen molar-refractivity contribution < 1.29 is 0 Å². The van der Waals surface area contributed by atoms with Crippen LogP contribution in [0.25, 0.3) is 0 Å². The maximum Gasteiger partial charge on any atom is 0.224 e. The van der Waals surface area contributed by atoms with Crippen molar-refractivity contribution in [3.63, 3.8) is 0 Å². The first kappa shape index (κ1) is 12.1. The molecule has 1 aromatic carbocycles. The molecular formula is C12H11Cl2N3. The Balaban J connectivity index is 2.38. The molecule has 0 saturated heterocycles. The van der Waals surface area contributed by atoms with Gasteiger partial charge in [-0.1, -0.05) is 23.7 Å². The molecule has 0 fully saturated rings. The van der Waals surface area contributed by atoms with Crippen molar-refractivity contribution in [3.8, 4) is 0 Å². The number of nitrogens with one attached hydrogen (secondary N) is 1. The number of hydrogen-bond acceptors (Lipinski definition) is 3. The standard InChI is InChI=1S/C12H11Cl2N3/c1-7-4-3-5-9(13)11(7)16-10-6-8(2)15-12(14)17-10/h3-6H,1-2H3,(H,15,16,17). The minimum absolute atomic E-state index is 0.220. The Morgan fingerprint density at radius 1 is 1.12 bits per heavy atom. The first-order valence-corrected chi connectivity index (χ1v) is 5.85. The SMILES string of the molecule is Cc1cc(Nc2c(C)cccc2Cl)nc(Cl)n1. The van der Waals surface area contributed by atoms with Crippen LogP contribution in [0.15, 0.2) is 24.3 Å². The lowest BCUT2D eigenvalue weighted by Crippen LogP contribution is -1.98. The molecule has 0 aliphatic rings. The van der Waals surface area contributed by atoms with Crippen molar-refractivity contribution in [1.29, 1.82) is 0 Å². The Bertz CT molecular complexity index is 515. The Morgan fingerprint density at radius 2 is 1.88 bits per heavy atom. The predicted octanol–water partition coefficient (Wildman–Crippen LogP) is 4.14. The van der Waals surface area contributed by atoms with Crippen LogP contribution in [0, 0.1) is 13.8 Å². The summed E-state index contributed by atoms with van der Waals surface area (Å²) < 4.78 is 0. The summed E-state index contributed by atoms with van der Waals surface area (Å²) in [5, 5.41) is 4.02. The van der Waals surface area contributed by atoms with E-state index < -0.39 is 0 Å². The molecule has 2 rings (SSSR count). The second-order valence-corrected chi connectivity index (χ2v) is 4.47. The zero-order valence-electron chi connectivity index (χ0n) is 9.46. The van der Waals surface area contributed by atoms with Crippen molar-refractivity contribution in [2.75, 3.05) is 5.32 Å². The third-order valence-electron chi connectivity index (χ3n) is 2.30. The van der Waals surface area contributed by atoms with Crippen LogP contribution < -0.4 is 5.32 Å². The fraction of sp³-hybridized carbons (Fsp3) is 0.167. The molecule has 0 amide bonds. The Hall–Kier alpha value is -1.32. The number of rotatable bonds is 2. The van der Waals surface area contributed by atoms with E-state index in [1.54, 1.807) is 0 Å². The number of aromatic nitrogens is 2. The molecule has 1 aromatic heterocycles. The average molecular weight is 268 g/mol. The van der Waals surface area contributed by atoms with Gasteiger partial charge in [0, 0.05) is 11.8 Å². The minimum atomic E-state index is 0.220. The van der Waals surface area contributed by atoms with E-state index in [0.717, 1.165) is 16.9 Å². The first-order chi connectivity index (χ1) is 8.06. The molecule has 0 aliphatic heterocycles. The smallest absolute Gasteiger partial charge is 0.224 e. The summed E-state index contributed by atoms with van der Waals surface area (Å²) >= 11 is 11.9. The van der Waals surface area contributed by atoms with Gasteiger partial charge in [0.15, 0.2) is 0 Å². The first-order valence-electron chi connectivity index (χ1n) is 5.09. The zero-order chi connectivity index (χ0) is 12.4. The maximum absolute atomic E-state index is 6.12. The van der Waals surface area contributed by atoms with Crippen molar-refractivity contribution in [1.82, 2.24) is 9.97 Å². The van der Waals surface area contributed by atoms with Crippen LogP contribution >= 0.6 is 23.2 Å². The molecule has 88 valence electrons. The fourth-order valence-electron chi connectivity index (χ4n) is 1.51. The van der Waals surface area contributed by atoms with Crippen LogP contribution in [0.2, 0.25) is 10.3 Å². The quantitative estimate of drug-likeness (QED) is 0.831. The van der Waals surface area contributed by atoms with Crippen LogP contribution in [0.5, 0.6) is 0 Å². The lowest BCUT2D eigenvalue weighted by Gasteiger charge is -2.11. The molecule has 0 atom stereocenters. The van der Waals surface area contributed by atoms with Crippen LogP contribution in [0.1, 0.15) is 11.3 Å². The van der Waals surface area contributed by atoms with Crippen LogP contribution in [0.3, 0.4) is 0 Å². The topological polar surface area (TPSA) is 37.8 Å². The lowest BCUT2D eigenvalue weighted by molar-refractivity contribution is 1.10. The van der Waals surface area contributed by atoms with Gasteiger partial charge in [0.2, 0.25) is 5.28 Å². The summed E-state index contributed by atoms with van der Waals surface area (Å²) in [4.78, 5) is 8.10. The molecule has 3 nitrogen and oxygen atoms in total. The number of para-hydroxylation sites is 1. The summed E-state index contributed by atoms with van der Waals surface area (Å²) in [5.41, 5.74) is 2.69. The van der Waals surface area contributed by atoms with Gasteiger partial charge in [0.25, 0.3) is 0 Å².